The van der Waals surface area contributed by atoms with Crippen molar-refractivity contribution in [1.82, 2.24) is 0 Å². The van der Waals surface area contributed by atoms with Gasteiger partial charge in [0.2, 0.25) is 5.88 Å². The topological polar surface area (TPSA) is 73.9 Å². The number of hydrogen-bond acceptors (Lipinski definition) is 6. The Balaban J connectivity index is 2.30. The largest absolute Gasteiger partial charge is 0.495 e. The molecule has 6 heteroatoms. The normalized spacial score (nSPS) is 14.1. The summed E-state index contributed by atoms with van der Waals surface area (Å²) in [5.74, 6) is -0.440. The summed E-state index contributed by atoms with van der Waals surface area (Å²) < 4.78 is 14.7. The van der Waals surface area contributed by atoms with Gasteiger partial charge in [0, 0.05) is 0 Å². The molecule has 0 aliphatic carbocycles. The summed E-state index contributed by atoms with van der Waals surface area (Å²) in [5.41, 5.74) is 0.759. The molecule has 0 saturated heterocycles. The van der Waals surface area contributed by atoms with E-state index in [1.807, 2.05) is 0 Å². The number of methoxy groups -OCH3 is 2. The number of rotatable bonds is 4. The smallest absolute Gasteiger partial charge is 0.339 e. The first-order valence-corrected chi connectivity index (χ1v) is 5.58. The van der Waals surface area contributed by atoms with E-state index in [4.69, 9.17) is 9.47 Å². The molecule has 2 rings (SSSR count). The minimum atomic E-state index is -0.594. The summed E-state index contributed by atoms with van der Waals surface area (Å²) >= 11 is 0. The number of carbonyl (C=O) groups is 2. The average molecular weight is 263 g/mol. The van der Waals surface area contributed by atoms with Gasteiger partial charge in [-0.05, 0) is 12.1 Å². The van der Waals surface area contributed by atoms with Crippen molar-refractivity contribution >= 4 is 17.6 Å². The monoisotopic (exact) mass is 263 g/mol. The molecule has 6 nitrogen and oxygen atoms in total. The van der Waals surface area contributed by atoms with Gasteiger partial charge in [-0.25, -0.2) is 4.79 Å². The van der Waals surface area contributed by atoms with Crippen LogP contribution in [0.1, 0.15) is 6.42 Å². The molecule has 1 N–H and O–H groups in total. The van der Waals surface area contributed by atoms with E-state index in [1.54, 1.807) is 24.3 Å². The van der Waals surface area contributed by atoms with E-state index >= 15 is 0 Å². The minimum Gasteiger partial charge on any atom is -0.495 e. The van der Waals surface area contributed by atoms with Gasteiger partial charge in [0.1, 0.15) is 11.3 Å². The molecule has 0 bridgehead atoms. The van der Waals surface area contributed by atoms with Crippen LogP contribution >= 0.6 is 0 Å². The maximum Gasteiger partial charge on any atom is 0.339 e. The first-order valence-electron chi connectivity index (χ1n) is 5.58. The predicted molar refractivity (Wildman–Crippen MR) is 66.4 cm³/mol. The summed E-state index contributed by atoms with van der Waals surface area (Å²) in [5, 5.41) is 2.87. The van der Waals surface area contributed by atoms with Crippen molar-refractivity contribution in [1.29, 1.82) is 0 Å². The Morgan fingerprint density at radius 2 is 2.05 bits per heavy atom. The van der Waals surface area contributed by atoms with Crippen molar-refractivity contribution < 1.29 is 23.8 Å². The van der Waals surface area contributed by atoms with Crippen LogP contribution in [0.2, 0.25) is 0 Å². The van der Waals surface area contributed by atoms with E-state index in [2.05, 4.69) is 10.1 Å². The van der Waals surface area contributed by atoms with Crippen molar-refractivity contribution in [2.24, 2.45) is 0 Å². The van der Waals surface area contributed by atoms with Gasteiger partial charge in [0.15, 0.2) is 0 Å². The van der Waals surface area contributed by atoms with Crippen LogP contribution in [0.3, 0.4) is 0 Å². The molecular formula is C13H13NO5. The lowest BCUT2D eigenvalue weighted by Crippen LogP contribution is -2.09. The molecular weight excluding hydrogens is 250 g/mol. The molecule has 0 fully saturated rings. The zero-order valence-corrected chi connectivity index (χ0v) is 10.6. The number of carbonyl (C=O) groups excluding carboxylic acids is 2. The van der Waals surface area contributed by atoms with Crippen molar-refractivity contribution in [2.75, 3.05) is 19.5 Å². The molecule has 0 unspecified atom stereocenters. The van der Waals surface area contributed by atoms with Crippen LogP contribution in [0.5, 0.6) is 5.75 Å². The number of hydrogen-bond donors (Lipinski definition) is 1. The second-order valence-electron chi connectivity index (χ2n) is 3.78. The van der Waals surface area contributed by atoms with Gasteiger partial charge >= 0.3 is 11.9 Å². The van der Waals surface area contributed by atoms with E-state index < -0.39 is 11.9 Å². The van der Waals surface area contributed by atoms with Crippen molar-refractivity contribution in [3.05, 3.63) is 35.7 Å². The maximum absolute atomic E-state index is 11.5. The SMILES string of the molecule is COC(=O)C1=C(Nc2ccccc2OC)OC(=O)C1. The molecule has 19 heavy (non-hydrogen) atoms. The Kier molecular flexibility index (Phi) is 3.70. The lowest BCUT2D eigenvalue weighted by Gasteiger charge is -2.11. The van der Waals surface area contributed by atoms with Crippen LogP contribution in [-0.2, 0) is 19.1 Å². The van der Waals surface area contributed by atoms with Crippen LogP contribution in [0.4, 0.5) is 5.69 Å². The Labute approximate surface area is 110 Å². The van der Waals surface area contributed by atoms with E-state index in [0.29, 0.717) is 11.4 Å². The highest BCUT2D eigenvalue weighted by atomic mass is 16.6. The number of para-hydroxylation sites is 2. The second kappa shape index (κ2) is 5.43. The summed E-state index contributed by atoms with van der Waals surface area (Å²) in [6, 6.07) is 7.09. The highest BCUT2D eigenvalue weighted by molar-refractivity contribution is 5.98. The number of anilines is 1. The fraction of sp³-hybridized carbons (Fsp3) is 0.231. The molecule has 100 valence electrons. The van der Waals surface area contributed by atoms with Gasteiger partial charge in [0.25, 0.3) is 0 Å². The maximum atomic E-state index is 11.5. The molecule has 0 atom stereocenters. The Hall–Kier alpha value is -2.50. The zero-order valence-electron chi connectivity index (χ0n) is 10.6. The van der Waals surface area contributed by atoms with Crippen molar-refractivity contribution in [2.45, 2.75) is 6.42 Å². The first-order chi connectivity index (χ1) is 9.15. The van der Waals surface area contributed by atoms with Gasteiger partial charge in [0.05, 0.1) is 26.3 Å². The molecule has 0 saturated carbocycles. The second-order valence-corrected chi connectivity index (χ2v) is 3.78. The Morgan fingerprint density at radius 1 is 1.32 bits per heavy atom. The van der Waals surface area contributed by atoms with Gasteiger partial charge in [-0.15, -0.1) is 0 Å². The molecule has 1 aromatic carbocycles. The zero-order chi connectivity index (χ0) is 13.8. The van der Waals surface area contributed by atoms with E-state index in [0.717, 1.165) is 0 Å². The molecule has 1 aliphatic heterocycles. The lowest BCUT2D eigenvalue weighted by atomic mass is 10.2. The van der Waals surface area contributed by atoms with Crippen LogP contribution in [0, 0.1) is 0 Å². The number of esters is 2. The van der Waals surface area contributed by atoms with Crippen LogP contribution in [0.25, 0.3) is 0 Å². The summed E-state index contributed by atoms with van der Waals surface area (Å²) in [7, 11) is 2.77. The number of nitrogens with one attached hydrogen (secondary N) is 1. The van der Waals surface area contributed by atoms with Gasteiger partial charge < -0.3 is 19.5 Å². The van der Waals surface area contributed by atoms with Gasteiger partial charge in [-0.2, -0.15) is 0 Å². The first kappa shape index (κ1) is 12.9. The van der Waals surface area contributed by atoms with Gasteiger partial charge in [-0.1, -0.05) is 12.1 Å². The number of benzene rings is 1. The van der Waals surface area contributed by atoms with Gasteiger partial charge in [-0.3, -0.25) is 4.79 Å². The summed E-state index contributed by atoms with van der Waals surface area (Å²) in [6.45, 7) is 0. The quantitative estimate of drug-likeness (QED) is 0.828. The fourth-order valence-electron chi connectivity index (χ4n) is 1.70. The highest BCUT2D eigenvalue weighted by Crippen LogP contribution is 2.29. The fourth-order valence-corrected chi connectivity index (χ4v) is 1.70. The Bertz CT molecular complexity index is 550. The molecule has 1 aliphatic rings. The third-order valence-corrected chi connectivity index (χ3v) is 2.60. The van der Waals surface area contributed by atoms with Crippen LogP contribution in [-0.4, -0.2) is 26.2 Å². The third-order valence-electron chi connectivity index (χ3n) is 2.60. The highest BCUT2D eigenvalue weighted by Gasteiger charge is 2.30. The van der Waals surface area contributed by atoms with Crippen LogP contribution < -0.4 is 10.1 Å². The summed E-state index contributed by atoms with van der Waals surface area (Å²) in [4.78, 5) is 22.8. The number of ether oxygens (including phenoxy) is 3. The van der Waals surface area contributed by atoms with E-state index in [1.165, 1.54) is 14.2 Å². The molecule has 0 radical (unpaired) electrons. The third kappa shape index (κ3) is 2.67. The van der Waals surface area contributed by atoms with E-state index in [9.17, 15) is 9.59 Å². The molecule has 1 heterocycles. The van der Waals surface area contributed by atoms with Crippen LogP contribution in [0.15, 0.2) is 35.7 Å². The standard InChI is InChI=1S/C13H13NO5/c1-17-10-6-4-3-5-9(10)14-12-8(13(16)18-2)7-11(15)19-12/h3-6,14H,7H2,1-2H3. The van der Waals surface area contributed by atoms with E-state index in [-0.39, 0.29) is 17.9 Å². The van der Waals surface area contributed by atoms with Crippen molar-refractivity contribution in [3.8, 4) is 5.75 Å². The summed E-state index contributed by atoms with van der Waals surface area (Å²) in [6.07, 6.45) is -0.107. The molecule has 0 aromatic heterocycles. The van der Waals surface area contributed by atoms with Crippen molar-refractivity contribution in [3.63, 3.8) is 0 Å². The Morgan fingerprint density at radius 3 is 2.74 bits per heavy atom. The molecule has 0 spiro atoms. The predicted octanol–water partition coefficient (Wildman–Crippen LogP) is 1.44. The average Bonchev–Trinajstić information content (AvgIpc) is 2.79. The minimum absolute atomic E-state index is 0.0846. The lowest BCUT2D eigenvalue weighted by molar-refractivity contribution is -0.138. The number of cyclic esters (lactones) is 1. The molecule has 1 aromatic rings. The molecule has 0 amide bonds.